The molecule has 22 heavy (non-hydrogen) atoms. The van der Waals surface area contributed by atoms with Crippen LogP contribution in [0.5, 0.6) is 5.75 Å². The lowest BCUT2D eigenvalue weighted by Gasteiger charge is -2.28. The first kappa shape index (κ1) is 16.6. The number of imidazole rings is 1. The molecule has 2 aromatic rings. The van der Waals surface area contributed by atoms with E-state index in [9.17, 15) is 0 Å². The lowest BCUT2D eigenvalue weighted by molar-refractivity contribution is 0.357. The minimum Gasteiger partial charge on any atom is -0.496 e. The highest BCUT2D eigenvalue weighted by atomic mass is 16.5. The third-order valence-electron chi connectivity index (χ3n) is 3.90. The molecule has 1 aromatic heterocycles. The van der Waals surface area contributed by atoms with Gasteiger partial charge >= 0.3 is 0 Å². The van der Waals surface area contributed by atoms with Crippen molar-refractivity contribution >= 4 is 0 Å². The molecule has 0 atom stereocenters. The predicted molar refractivity (Wildman–Crippen MR) is 90.1 cm³/mol. The number of nitrogens with one attached hydrogen (secondary N) is 1. The molecule has 4 heteroatoms. The smallest absolute Gasteiger partial charge is 0.123 e. The van der Waals surface area contributed by atoms with E-state index in [1.54, 1.807) is 7.11 Å². The Morgan fingerprint density at radius 3 is 2.41 bits per heavy atom. The molecular formula is C18H27N3O. The summed E-state index contributed by atoms with van der Waals surface area (Å²) >= 11 is 0. The monoisotopic (exact) mass is 301 g/mol. The van der Waals surface area contributed by atoms with E-state index in [0.717, 1.165) is 17.0 Å². The van der Waals surface area contributed by atoms with Gasteiger partial charge in [-0.15, -0.1) is 0 Å². The topological polar surface area (TPSA) is 39.1 Å². The third kappa shape index (κ3) is 3.69. The van der Waals surface area contributed by atoms with Crippen LogP contribution in [0.2, 0.25) is 0 Å². The Morgan fingerprint density at radius 2 is 1.82 bits per heavy atom. The molecule has 1 heterocycles. The van der Waals surface area contributed by atoms with Crippen molar-refractivity contribution in [3.05, 3.63) is 48.0 Å². The first-order valence-corrected chi connectivity index (χ1v) is 7.66. The molecule has 1 aromatic carbocycles. The zero-order chi connectivity index (χ0) is 16.4. The number of hydrogen-bond acceptors (Lipinski definition) is 3. The molecule has 0 saturated carbocycles. The molecule has 0 aliphatic heterocycles. The van der Waals surface area contributed by atoms with Crippen molar-refractivity contribution in [1.29, 1.82) is 0 Å². The molecule has 120 valence electrons. The summed E-state index contributed by atoms with van der Waals surface area (Å²) in [4.78, 5) is 4.49. The maximum absolute atomic E-state index is 5.47. The highest BCUT2D eigenvalue weighted by Crippen LogP contribution is 2.29. The Labute approximate surface area is 133 Å². The molecule has 0 spiro atoms. The van der Waals surface area contributed by atoms with Crippen molar-refractivity contribution in [2.24, 2.45) is 0 Å². The molecule has 4 nitrogen and oxygen atoms in total. The molecule has 0 aliphatic rings. The average molecular weight is 301 g/mol. The maximum atomic E-state index is 5.47. The average Bonchev–Trinajstić information content (AvgIpc) is 2.94. The van der Waals surface area contributed by atoms with Gasteiger partial charge in [0.25, 0.3) is 0 Å². The predicted octanol–water partition coefficient (Wildman–Crippen LogP) is 3.67. The van der Waals surface area contributed by atoms with Gasteiger partial charge in [-0.05, 0) is 40.7 Å². The fourth-order valence-corrected chi connectivity index (χ4v) is 2.39. The fraction of sp³-hybridized carbons (Fsp3) is 0.500. The number of benzene rings is 1. The summed E-state index contributed by atoms with van der Waals surface area (Å²) in [6.45, 7) is 11.5. The number of rotatable bonds is 5. The Hall–Kier alpha value is -1.81. The maximum Gasteiger partial charge on any atom is 0.123 e. The number of para-hydroxylation sites is 1. The normalized spacial score (nSPS) is 12.5. The van der Waals surface area contributed by atoms with Crippen LogP contribution >= 0.6 is 0 Å². The van der Waals surface area contributed by atoms with E-state index in [1.165, 1.54) is 0 Å². The van der Waals surface area contributed by atoms with Crippen molar-refractivity contribution in [3.63, 3.8) is 0 Å². The second-order valence-corrected chi connectivity index (χ2v) is 7.12. The van der Waals surface area contributed by atoms with Gasteiger partial charge in [0, 0.05) is 29.4 Å². The van der Waals surface area contributed by atoms with Crippen LogP contribution in [0.1, 0.15) is 45.9 Å². The van der Waals surface area contributed by atoms with E-state index in [1.807, 2.05) is 24.5 Å². The second-order valence-electron chi connectivity index (χ2n) is 7.12. The van der Waals surface area contributed by atoms with Gasteiger partial charge in [0.1, 0.15) is 5.75 Å². The molecule has 0 fully saturated rings. The van der Waals surface area contributed by atoms with Crippen LogP contribution in [0.4, 0.5) is 0 Å². The van der Waals surface area contributed by atoms with Crippen molar-refractivity contribution < 1.29 is 4.74 Å². The van der Waals surface area contributed by atoms with Crippen LogP contribution in [0, 0.1) is 0 Å². The highest BCUT2D eigenvalue weighted by Gasteiger charge is 2.24. The molecule has 0 saturated heterocycles. The number of aromatic nitrogens is 2. The Kier molecular flexibility index (Phi) is 4.61. The van der Waals surface area contributed by atoms with E-state index in [-0.39, 0.29) is 11.1 Å². The van der Waals surface area contributed by atoms with Crippen molar-refractivity contribution in [2.75, 3.05) is 7.11 Å². The van der Waals surface area contributed by atoms with E-state index < -0.39 is 0 Å². The van der Waals surface area contributed by atoms with Gasteiger partial charge in [0.05, 0.1) is 19.1 Å². The lowest BCUT2D eigenvalue weighted by atomic mass is 9.93. The Balaban J connectivity index is 2.11. The first-order chi connectivity index (χ1) is 10.2. The molecule has 0 radical (unpaired) electrons. The second kappa shape index (κ2) is 6.13. The molecule has 0 amide bonds. The standard InChI is InChI=1S/C18H27N3O/c1-17(2,3)21-12-14(19-13-21)11-20-18(4,5)15-9-7-8-10-16(15)22-6/h7-10,12-13,20H,11H2,1-6H3. The SMILES string of the molecule is COc1ccccc1C(C)(C)NCc1cn(C(C)(C)C)cn1. The van der Waals surface area contributed by atoms with E-state index in [2.05, 4.69) is 61.7 Å². The van der Waals surface area contributed by atoms with Crippen LogP contribution in [0.25, 0.3) is 0 Å². The molecular weight excluding hydrogens is 274 g/mol. The molecule has 0 aliphatic carbocycles. The number of hydrogen-bond donors (Lipinski definition) is 1. The molecule has 1 N–H and O–H groups in total. The van der Waals surface area contributed by atoms with Crippen LogP contribution < -0.4 is 10.1 Å². The van der Waals surface area contributed by atoms with Gasteiger partial charge in [-0.2, -0.15) is 0 Å². The third-order valence-corrected chi connectivity index (χ3v) is 3.90. The largest absolute Gasteiger partial charge is 0.496 e. The van der Waals surface area contributed by atoms with Crippen LogP contribution in [-0.2, 0) is 17.6 Å². The van der Waals surface area contributed by atoms with Crippen LogP contribution in [0.3, 0.4) is 0 Å². The van der Waals surface area contributed by atoms with Gasteiger partial charge < -0.3 is 14.6 Å². The van der Waals surface area contributed by atoms with Gasteiger partial charge in [-0.25, -0.2) is 4.98 Å². The zero-order valence-corrected chi connectivity index (χ0v) is 14.5. The van der Waals surface area contributed by atoms with Crippen LogP contribution in [-0.4, -0.2) is 16.7 Å². The van der Waals surface area contributed by atoms with Gasteiger partial charge in [-0.1, -0.05) is 18.2 Å². The van der Waals surface area contributed by atoms with Crippen LogP contribution in [0.15, 0.2) is 36.8 Å². The van der Waals surface area contributed by atoms with E-state index in [0.29, 0.717) is 6.54 Å². The molecule has 0 bridgehead atoms. The summed E-state index contributed by atoms with van der Waals surface area (Å²) in [5.74, 6) is 0.903. The van der Waals surface area contributed by atoms with E-state index in [4.69, 9.17) is 4.74 Å². The quantitative estimate of drug-likeness (QED) is 0.916. The summed E-state index contributed by atoms with van der Waals surface area (Å²) in [5.41, 5.74) is 2.05. The number of ether oxygens (including phenoxy) is 1. The minimum atomic E-state index is -0.196. The lowest BCUT2D eigenvalue weighted by Crippen LogP contribution is -2.36. The summed E-state index contributed by atoms with van der Waals surface area (Å²) < 4.78 is 7.61. The van der Waals surface area contributed by atoms with Crippen molar-refractivity contribution in [2.45, 2.75) is 52.2 Å². The van der Waals surface area contributed by atoms with E-state index >= 15 is 0 Å². The summed E-state index contributed by atoms with van der Waals surface area (Å²) in [7, 11) is 1.71. The van der Waals surface area contributed by atoms with Gasteiger partial charge in [0.2, 0.25) is 0 Å². The molecule has 0 unspecified atom stereocenters. The zero-order valence-electron chi connectivity index (χ0n) is 14.5. The summed E-state index contributed by atoms with van der Waals surface area (Å²) in [5, 5.41) is 3.58. The van der Waals surface area contributed by atoms with Gasteiger partial charge in [0.15, 0.2) is 0 Å². The number of methoxy groups -OCH3 is 1. The van der Waals surface area contributed by atoms with Gasteiger partial charge in [-0.3, -0.25) is 0 Å². The molecule has 2 rings (SSSR count). The van der Waals surface area contributed by atoms with Crippen molar-refractivity contribution in [1.82, 2.24) is 14.9 Å². The highest BCUT2D eigenvalue weighted by molar-refractivity contribution is 5.38. The van der Waals surface area contributed by atoms with Crippen molar-refractivity contribution in [3.8, 4) is 5.75 Å². The summed E-state index contributed by atoms with van der Waals surface area (Å²) in [6.07, 6.45) is 4.00. The minimum absolute atomic E-state index is 0.0589. The summed E-state index contributed by atoms with van der Waals surface area (Å²) in [6, 6.07) is 8.12. The Bertz CT molecular complexity index is 623. The number of nitrogens with zero attached hydrogens (tertiary/aromatic N) is 2. The fourth-order valence-electron chi connectivity index (χ4n) is 2.39. The Morgan fingerprint density at radius 1 is 1.14 bits per heavy atom. The first-order valence-electron chi connectivity index (χ1n) is 7.66.